The highest BCUT2D eigenvalue weighted by Gasteiger charge is 2.48. The maximum atomic E-state index is 13.9. The van der Waals surface area contributed by atoms with Crippen molar-refractivity contribution in [1.29, 1.82) is 0 Å². The number of carbonyl (C=O) groups excluding carboxylic acids is 3. The standard InChI is InChI=1S/C30H33N3O4/c34-28(31-24-13-15-32(16-14-24)30(36)27-10-5-17-37-27)26-19-22-8-3-4-9-25(22)33(26)29(35)23-12-11-20-6-1-2-7-21(20)18-23/h1-2,5-7,10-12,17-18,22,24-26H,3-4,8-9,13-16,19H2,(H,31,34)/t22-,25-,26-/m0/s1. The van der Waals surface area contributed by atoms with E-state index in [0.717, 1.165) is 42.9 Å². The highest BCUT2D eigenvalue weighted by atomic mass is 16.3. The van der Waals surface area contributed by atoms with Gasteiger partial charge in [0.05, 0.1) is 6.26 Å². The molecule has 3 fully saturated rings. The first-order chi connectivity index (χ1) is 18.1. The molecule has 3 aromatic rings. The van der Waals surface area contributed by atoms with Gasteiger partial charge in [-0.25, -0.2) is 0 Å². The number of nitrogens with zero attached hydrogens (tertiary/aromatic N) is 2. The van der Waals surface area contributed by atoms with Gasteiger partial charge in [0.15, 0.2) is 5.76 Å². The number of nitrogens with one attached hydrogen (secondary N) is 1. The number of benzene rings is 2. The number of fused-ring (bicyclic) bond motifs is 2. The zero-order chi connectivity index (χ0) is 25.4. The van der Waals surface area contributed by atoms with Gasteiger partial charge in [-0.2, -0.15) is 0 Å². The van der Waals surface area contributed by atoms with Crippen LogP contribution in [0.3, 0.4) is 0 Å². The number of likely N-dealkylation sites (tertiary alicyclic amines) is 2. The monoisotopic (exact) mass is 499 g/mol. The van der Waals surface area contributed by atoms with Crippen LogP contribution < -0.4 is 5.32 Å². The lowest BCUT2D eigenvalue weighted by Crippen LogP contribution is -2.53. The second kappa shape index (κ2) is 10.0. The van der Waals surface area contributed by atoms with E-state index in [0.29, 0.717) is 43.2 Å². The van der Waals surface area contributed by atoms with Crippen molar-refractivity contribution in [3.8, 4) is 0 Å². The Morgan fingerprint density at radius 2 is 1.62 bits per heavy atom. The molecule has 2 aliphatic heterocycles. The molecule has 1 saturated carbocycles. The van der Waals surface area contributed by atoms with Gasteiger partial charge in [-0.05, 0) is 73.1 Å². The number of rotatable bonds is 4. The van der Waals surface area contributed by atoms with Crippen LogP contribution in [0.4, 0.5) is 0 Å². The fraction of sp³-hybridized carbons (Fsp3) is 0.433. The SMILES string of the molecule is O=C(NC1CCN(C(=O)c2ccco2)CC1)[C@@H]1C[C@@H]2CCCC[C@@H]2N1C(=O)c1ccc2ccccc2c1. The van der Waals surface area contributed by atoms with Crippen LogP contribution >= 0.6 is 0 Å². The minimum absolute atomic E-state index is 0.00611. The molecule has 3 heterocycles. The number of piperidine rings is 1. The summed E-state index contributed by atoms with van der Waals surface area (Å²) < 4.78 is 5.25. The van der Waals surface area contributed by atoms with Crippen molar-refractivity contribution in [1.82, 2.24) is 15.1 Å². The molecule has 6 rings (SSSR count). The molecule has 3 amide bonds. The smallest absolute Gasteiger partial charge is 0.289 e. The summed E-state index contributed by atoms with van der Waals surface area (Å²) in [5.74, 6) is 0.515. The second-order valence-corrected chi connectivity index (χ2v) is 10.7. The maximum absolute atomic E-state index is 13.9. The van der Waals surface area contributed by atoms with Crippen LogP contribution in [0.15, 0.2) is 65.3 Å². The van der Waals surface area contributed by atoms with Crippen LogP contribution in [0, 0.1) is 5.92 Å². The summed E-state index contributed by atoms with van der Waals surface area (Å²) in [7, 11) is 0. The molecule has 7 heteroatoms. The van der Waals surface area contributed by atoms with Gasteiger partial charge in [0.2, 0.25) is 5.91 Å². The topological polar surface area (TPSA) is 82.9 Å². The third-order valence-electron chi connectivity index (χ3n) is 8.48. The predicted molar refractivity (Wildman–Crippen MR) is 140 cm³/mol. The molecule has 37 heavy (non-hydrogen) atoms. The molecule has 3 atom stereocenters. The van der Waals surface area contributed by atoms with Crippen molar-refractivity contribution in [2.24, 2.45) is 5.92 Å². The first-order valence-corrected chi connectivity index (χ1v) is 13.5. The fourth-order valence-electron chi connectivity index (χ4n) is 6.54. The van der Waals surface area contributed by atoms with Crippen molar-refractivity contribution < 1.29 is 18.8 Å². The Morgan fingerprint density at radius 3 is 2.41 bits per heavy atom. The third-order valence-corrected chi connectivity index (χ3v) is 8.48. The van der Waals surface area contributed by atoms with Gasteiger partial charge in [-0.15, -0.1) is 0 Å². The maximum Gasteiger partial charge on any atom is 0.289 e. The summed E-state index contributed by atoms with van der Waals surface area (Å²) in [5.41, 5.74) is 0.646. The Labute approximate surface area is 216 Å². The zero-order valence-corrected chi connectivity index (χ0v) is 21.0. The molecular formula is C30H33N3O4. The van der Waals surface area contributed by atoms with Gasteiger partial charge in [-0.1, -0.05) is 43.2 Å². The van der Waals surface area contributed by atoms with Crippen LogP contribution in [-0.4, -0.2) is 58.7 Å². The van der Waals surface area contributed by atoms with E-state index in [-0.39, 0.29) is 29.8 Å². The van der Waals surface area contributed by atoms with E-state index in [2.05, 4.69) is 5.32 Å². The minimum Gasteiger partial charge on any atom is -0.459 e. The van der Waals surface area contributed by atoms with Crippen molar-refractivity contribution in [3.05, 3.63) is 72.2 Å². The van der Waals surface area contributed by atoms with Gasteiger partial charge < -0.3 is 19.5 Å². The number of amides is 3. The lowest BCUT2D eigenvalue weighted by molar-refractivity contribution is -0.126. The van der Waals surface area contributed by atoms with E-state index < -0.39 is 6.04 Å². The second-order valence-electron chi connectivity index (χ2n) is 10.7. The Bertz CT molecular complexity index is 1300. The lowest BCUT2D eigenvalue weighted by atomic mass is 9.84. The average Bonchev–Trinajstić information content (AvgIpc) is 3.61. The molecule has 192 valence electrons. The molecule has 1 aliphatic carbocycles. The number of hydrogen-bond donors (Lipinski definition) is 1. The van der Waals surface area contributed by atoms with Crippen molar-refractivity contribution in [2.75, 3.05) is 13.1 Å². The largest absolute Gasteiger partial charge is 0.459 e. The Hall–Kier alpha value is -3.61. The van der Waals surface area contributed by atoms with Crippen molar-refractivity contribution in [3.63, 3.8) is 0 Å². The molecule has 1 N–H and O–H groups in total. The predicted octanol–water partition coefficient (Wildman–Crippen LogP) is 4.63. The fourth-order valence-corrected chi connectivity index (χ4v) is 6.54. The number of carbonyl (C=O) groups is 3. The summed E-state index contributed by atoms with van der Waals surface area (Å²) >= 11 is 0. The lowest BCUT2D eigenvalue weighted by Gasteiger charge is -2.35. The Balaban J connectivity index is 1.16. The van der Waals surface area contributed by atoms with Gasteiger partial charge in [0.25, 0.3) is 11.8 Å². The molecule has 0 radical (unpaired) electrons. The summed E-state index contributed by atoms with van der Waals surface area (Å²) in [5, 5.41) is 5.37. The van der Waals surface area contributed by atoms with E-state index in [9.17, 15) is 14.4 Å². The average molecular weight is 500 g/mol. The molecule has 1 aromatic heterocycles. The van der Waals surface area contributed by atoms with E-state index in [1.165, 1.54) is 6.26 Å². The van der Waals surface area contributed by atoms with Crippen molar-refractivity contribution in [2.45, 2.75) is 63.1 Å². The van der Waals surface area contributed by atoms with Gasteiger partial charge >= 0.3 is 0 Å². The molecule has 0 bridgehead atoms. The van der Waals surface area contributed by atoms with Gasteiger partial charge in [-0.3, -0.25) is 14.4 Å². The zero-order valence-electron chi connectivity index (χ0n) is 21.0. The van der Waals surface area contributed by atoms with Gasteiger partial charge in [0.1, 0.15) is 6.04 Å². The molecule has 2 aromatic carbocycles. The highest BCUT2D eigenvalue weighted by molar-refractivity contribution is 6.01. The minimum atomic E-state index is -0.449. The summed E-state index contributed by atoms with van der Waals surface area (Å²) in [4.78, 5) is 43.8. The van der Waals surface area contributed by atoms with Gasteiger partial charge in [0, 0.05) is 30.7 Å². The summed E-state index contributed by atoms with van der Waals surface area (Å²) in [6.07, 6.45) is 7.90. The van der Waals surface area contributed by atoms with Crippen LogP contribution in [0.1, 0.15) is 65.9 Å². The summed E-state index contributed by atoms with van der Waals surface area (Å²) in [6.45, 7) is 1.14. The highest BCUT2D eigenvalue weighted by Crippen LogP contribution is 2.41. The Morgan fingerprint density at radius 1 is 0.838 bits per heavy atom. The van der Waals surface area contributed by atoms with Crippen LogP contribution in [0.25, 0.3) is 10.8 Å². The molecule has 0 spiro atoms. The number of hydrogen-bond acceptors (Lipinski definition) is 4. The third kappa shape index (κ3) is 4.63. The number of furan rings is 1. The molecule has 0 unspecified atom stereocenters. The summed E-state index contributed by atoms with van der Waals surface area (Å²) in [6, 6.07) is 16.9. The van der Waals surface area contributed by atoms with E-state index in [1.54, 1.807) is 17.0 Å². The van der Waals surface area contributed by atoms with Crippen molar-refractivity contribution >= 4 is 28.5 Å². The van der Waals surface area contributed by atoms with E-state index in [4.69, 9.17) is 4.42 Å². The quantitative estimate of drug-likeness (QED) is 0.568. The first-order valence-electron chi connectivity index (χ1n) is 13.5. The van der Waals surface area contributed by atoms with Crippen LogP contribution in [0.5, 0.6) is 0 Å². The van der Waals surface area contributed by atoms with Crippen LogP contribution in [-0.2, 0) is 4.79 Å². The first kappa shape index (κ1) is 23.8. The molecule has 2 saturated heterocycles. The normalized spacial score (nSPS) is 24.2. The molecule has 3 aliphatic rings. The van der Waals surface area contributed by atoms with Crippen LogP contribution in [0.2, 0.25) is 0 Å². The molecule has 7 nitrogen and oxygen atoms in total. The van der Waals surface area contributed by atoms with E-state index >= 15 is 0 Å². The van der Waals surface area contributed by atoms with E-state index in [1.807, 2.05) is 47.4 Å². The molecular weight excluding hydrogens is 466 g/mol. The Kier molecular flexibility index (Phi) is 6.45.